The van der Waals surface area contributed by atoms with Crippen LogP contribution in [0.2, 0.25) is 0 Å². The smallest absolute Gasteiger partial charge is 0.410 e. The zero-order valence-corrected chi connectivity index (χ0v) is 16.5. The van der Waals surface area contributed by atoms with Crippen LogP contribution in [-0.4, -0.2) is 39.2 Å². The first-order valence-electron chi connectivity index (χ1n) is 8.57. The van der Waals surface area contributed by atoms with Crippen molar-refractivity contribution in [1.82, 2.24) is 14.5 Å². The maximum Gasteiger partial charge on any atom is 0.410 e. The van der Waals surface area contributed by atoms with E-state index in [1.54, 1.807) is 0 Å². The van der Waals surface area contributed by atoms with Crippen LogP contribution < -0.4 is 0 Å². The molecule has 1 aromatic carbocycles. The summed E-state index contributed by atoms with van der Waals surface area (Å²) in [6.45, 7) is 8.02. The Hall–Kier alpha value is -1.82. The molecule has 1 fully saturated rings. The van der Waals surface area contributed by atoms with Gasteiger partial charge in [0.05, 0.1) is 0 Å². The summed E-state index contributed by atoms with van der Waals surface area (Å²) in [5.74, 6) is 1.37. The van der Waals surface area contributed by atoms with Gasteiger partial charge in [0.15, 0.2) is 0 Å². The van der Waals surface area contributed by atoms with Gasteiger partial charge in [0.25, 0.3) is 0 Å². The first-order valence-corrected chi connectivity index (χ1v) is 9.36. The Morgan fingerprint density at radius 1 is 1.32 bits per heavy atom. The van der Waals surface area contributed by atoms with Crippen LogP contribution >= 0.6 is 15.9 Å². The van der Waals surface area contributed by atoms with Crippen LogP contribution in [0.15, 0.2) is 41.1 Å². The molecule has 1 saturated heterocycles. The second-order valence-corrected chi connectivity index (χ2v) is 8.41. The first kappa shape index (κ1) is 18.0. The highest BCUT2D eigenvalue weighted by Crippen LogP contribution is 2.25. The van der Waals surface area contributed by atoms with Gasteiger partial charge in [-0.1, -0.05) is 28.1 Å². The summed E-state index contributed by atoms with van der Waals surface area (Å²) in [4.78, 5) is 18.5. The quantitative estimate of drug-likeness (QED) is 0.750. The lowest BCUT2D eigenvalue weighted by molar-refractivity contribution is 0.0287. The molecule has 6 heteroatoms. The van der Waals surface area contributed by atoms with Crippen molar-refractivity contribution in [3.63, 3.8) is 0 Å². The molecule has 3 rings (SSSR count). The number of likely N-dealkylation sites (tertiary alicyclic amines) is 1. The highest BCUT2D eigenvalue weighted by Gasteiger charge is 2.30. The number of hydrogen-bond acceptors (Lipinski definition) is 3. The molecule has 0 saturated carbocycles. The lowest BCUT2D eigenvalue weighted by Gasteiger charge is -2.24. The Morgan fingerprint density at radius 3 is 2.72 bits per heavy atom. The van der Waals surface area contributed by atoms with E-state index in [0.29, 0.717) is 5.92 Å². The topological polar surface area (TPSA) is 47.4 Å². The van der Waals surface area contributed by atoms with E-state index in [9.17, 15) is 4.79 Å². The van der Waals surface area contributed by atoms with Crippen LogP contribution in [0.25, 0.3) is 11.4 Å². The molecule has 0 aliphatic carbocycles. The standard InChI is InChI=1S/C19H24BrN3O2/c1-19(2,3)25-18(24)23-10-8-14(13-23)12-22-11-9-21-17(22)15-4-6-16(20)7-5-15/h4-7,9,11,14H,8,10,12-13H2,1-3H3. The van der Waals surface area contributed by atoms with Crippen LogP contribution in [-0.2, 0) is 11.3 Å². The van der Waals surface area contributed by atoms with E-state index in [4.69, 9.17) is 4.74 Å². The van der Waals surface area contributed by atoms with Crippen molar-refractivity contribution in [2.24, 2.45) is 5.92 Å². The molecule has 1 aromatic heterocycles. The fraction of sp³-hybridized carbons (Fsp3) is 0.474. The van der Waals surface area contributed by atoms with Gasteiger partial charge in [-0.05, 0) is 45.2 Å². The number of aromatic nitrogens is 2. The van der Waals surface area contributed by atoms with E-state index < -0.39 is 5.60 Å². The van der Waals surface area contributed by atoms with E-state index in [-0.39, 0.29) is 6.09 Å². The van der Waals surface area contributed by atoms with Gasteiger partial charge in [-0.15, -0.1) is 0 Å². The second-order valence-electron chi connectivity index (χ2n) is 7.49. The maximum absolute atomic E-state index is 12.2. The summed E-state index contributed by atoms with van der Waals surface area (Å²) in [6, 6.07) is 8.16. The van der Waals surface area contributed by atoms with Gasteiger partial charge in [-0.25, -0.2) is 9.78 Å². The van der Waals surface area contributed by atoms with Crippen molar-refractivity contribution in [3.8, 4) is 11.4 Å². The minimum absolute atomic E-state index is 0.214. The van der Waals surface area contributed by atoms with Crippen molar-refractivity contribution in [1.29, 1.82) is 0 Å². The molecule has 1 aliphatic rings. The summed E-state index contributed by atoms with van der Waals surface area (Å²) in [7, 11) is 0. The molecule has 1 aliphatic heterocycles. The summed E-state index contributed by atoms with van der Waals surface area (Å²) in [5, 5.41) is 0. The van der Waals surface area contributed by atoms with Crippen LogP contribution in [0.4, 0.5) is 4.79 Å². The van der Waals surface area contributed by atoms with Crippen LogP contribution in [0, 0.1) is 5.92 Å². The molecule has 0 spiro atoms. The summed E-state index contributed by atoms with van der Waals surface area (Å²) in [5.41, 5.74) is 0.643. The van der Waals surface area contributed by atoms with Gasteiger partial charge in [0.2, 0.25) is 0 Å². The molecule has 2 aromatic rings. The highest BCUT2D eigenvalue weighted by atomic mass is 79.9. The minimum atomic E-state index is -0.450. The predicted octanol–water partition coefficient (Wildman–Crippen LogP) is 4.57. The first-order chi connectivity index (χ1) is 11.8. The molecule has 25 heavy (non-hydrogen) atoms. The van der Waals surface area contributed by atoms with Crippen LogP contribution in [0.5, 0.6) is 0 Å². The lowest BCUT2D eigenvalue weighted by atomic mass is 10.1. The molecule has 2 heterocycles. The maximum atomic E-state index is 12.2. The van der Waals surface area contributed by atoms with Gasteiger partial charge in [0, 0.05) is 42.1 Å². The zero-order valence-electron chi connectivity index (χ0n) is 14.9. The monoisotopic (exact) mass is 405 g/mol. The van der Waals surface area contributed by atoms with Crippen molar-refractivity contribution in [2.45, 2.75) is 39.3 Å². The normalized spacial score (nSPS) is 17.8. The number of rotatable bonds is 3. The third-order valence-electron chi connectivity index (χ3n) is 4.21. The number of halogens is 1. The Balaban J connectivity index is 1.64. The summed E-state index contributed by atoms with van der Waals surface area (Å²) in [6.07, 6.45) is 4.61. The SMILES string of the molecule is CC(C)(C)OC(=O)N1CCC(Cn2ccnc2-c2ccc(Br)cc2)C1. The molecule has 1 amide bonds. The van der Waals surface area contributed by atoms with E-state index in [1.807, 2.05) is 50.2 Å². The molecule has 0 bridgehead atoms. The number of benzene rings is 1. The Kier molecular flexibility index (Phi) is 5.18. The molecule has 0 radical (unpaired) electrons. The average Bonchev–Trinajstić information content (AvgIpc) is 3.16. The highest BCUT2D eigenvalue weighted by molar-refractivity contribution is 9.10. The number of hydrogen-bond donors (Lipinski definition) is 0. The van der Waals surface area contributed by atoms with Gasteiger partial charge in [-0.2, -0.15) is 0 Å². The van der Waals surface area contributed by atoms with Crippen molar-refractivity contribution in [3.05, 3.63) is 41.1 Å². The fourth-order valence-corrected chi connectivity index (χ4v) is 3.33. The van der Waals surface area contributed by atoms with Crippen LogP contribution in [0.3, 0.4) is 0 Å². The average molecular weight is 406 g/mol. The number of carbonyl (C=O) groups excluding carboxylic acids is 1. The third kappa shape index (κ3) is 4.63. The van der Waals surface area contributed by atoms with Gasteiger partial charge < -0.3 is 14.2 Å². The van der Waals surface area contributed by atoms with Gasteiger partial charge >= 0.3 is 6.09 Å². The molecular formula is C19H24BrN3O2. The number of amides is 1. The van der Waals surface area contributed by atoms with E-state index in [1.165, 1.54) is 0 Å². The largest absolute Gasteiger partial charge is 0.444 e. The van der Waals surface area contributed by atoms with Crippen molar-refractivity contribution >= 4 is 22.0 Å². The number of nitrogens with zero attached hydrogens (tertiary/aromatic N) is 3. The lowest BCUT2D eigenvalue weighted by Crippen LogP contribution is -2.35. The molecule has 0 N–H and O–H groups in total. The Labute approximate surface area is 157 Å². The number of ether oxygens (including phenoxy) is 1. The minimum Gasteiger partial charge on any atom is -0.444 e. The molecule has 134 valence electrons. The van der Waals surface area contributed by atoms with Crippen LogP contribution in [0.1, 0.15) is 27.2 Å². The predicted molar refractivity (Wildman–Crippen MR) is 101 cm³/mol. The molecule has 1 unspecified atom stereocenters. The fourth-order valence-electron chi connectivity index (χ4n) is 3.07. The molecular weight excluding hydrogens is 382 g/mol. The number of imidazole rings is 1. The molecule has 5 nitrogen and oxygen atoms in total. The zero-order chi connectivity index (χ0) is 18.0. The van der Waals surface area contributed by atoms with Crippen molar-refractivity contribution < 1.29 is 9.53 Å². The second kappa shape index (κ2) is 7.20. The van der Waals surface area contributed by atoms with Gasteiger partial charge in [0.1, 0.15) is 11.4 Å². The summed E-state index contributed by atoms with van der Waals surface area (Å²) >= 11 is 3.46. The Morgan fingerprint density at radius 2 is 2.04 bits per heavy atom. The van der Waals surface area contributed by atoms with Gasteiger partial charge in [-0.3, -0.25) is 0 Å². The van der Waals surface area contributed by atoms with Crippen molar-refractivity contribution in [2.75, 3.05) is 13.1 Å². The third-order valence-corrected chi connectivity index (χ3v) is 4.74. The Bertz CT molecular complexity index is 734. The van der Waals surface area contributed by atoms with E-state index >= 15 is 0 Å². The van der Waals surface area contributed by atoms with E-state index in [2.05, 4.69) is 37.6 Å². The van der Waals surface area contributed by atoms with E-state index in [0.717, 1.165) is 41.9 Å². The number of carbonyl (C=O) groups is 1. The summed E-state index contributed by atoms with van der Waals surface area (Å²) < 4.78 is 8.70. The molecule has 1 atom stereocenters.